The average Bonchev–Trinajstić information content (AvgIpc) is 3.19. The predicted molar refractivity (Wildman–Crippen MR) is 98.8 cm³/mol. The maximum absolute atomic E-state index is 13.0. The zero-order valence-corrected chi connectivity index (χ0v) is 14.8. The van der Waals surface area contributed by atoms with Crippen LogP contribution < -0.4 is 4.90 Å². The minimum absolute atomic E-state index is 0.0279. The third-order valence-electron chi connectivity index (χ3n) is 4.56. The molecule has 0 atom stereocenters. The highest BCUT2D eigenvalue weighted by atomic mass is 32.1. The number of hydrogen-bond donors (Lipinski definition) is 0. The van der Waals surface area contributed by atoms with Crippen LogP contribution in [0.15, 0.2) is 48.7 Å². The lowest BCUT2D eigenvalue weighted by atomic mass is 9.89. The van der Waals surface area contributed by atoms with E-state index in [1.54, 1.807) is 18.3 Å². The van der Waals surface area contributed by atoms with Crippen LogP contribution in [0, 0.1) is 11.7 Å². The van der Waals surface area contributed by atoms with Crippen LogP contribution >= 0.6 is 11.3 Å². The molecule has 1 fully saturated rings. The Morgan fingerprint density at radius 2 is 1.85 bits per heavy atom. The van der Waals surface area contributed by atoms with Crippen molar-refractivity contribution >= 4 is 22.3 Å². The number of halogens is 1. The van der Waals surface area contributed by atoms with Gasteiger partial charge in [-0.1, -0.05) is 17.4 Å². The lowest BCUT2D eigenvalue weighted by Gasteiger charge is -2.30. The van der Waals surface area contributed by atoms with Gasteiger partial charge in [0.1, 0.15) is 11.5 Å². The molecular formula is C19H17FN4OS. The summed E-state index contributed by atoms with van der Waals surface area (Å²) in [5, 5.41) is 10.2. The summed E-state index contributed by atoms with van der Waals surface area (Å²) >= 11 is 1.51. The van der Waals surface area contributed by atoms with Crippen molar-refractivity contribution in [2.75, 3.05) is 18.0 Å². The number of anilines is 1. The van der Waals surface area contributed by atoms with Gasteiger partial charge < -0.3 is 4.90 Å². The molecule has 1 aliphatic rings. The van der Waals surface area contributed by atoms with Crippen molar-refractivity contribution in [1.82, 2.24) is 15.2 Å². The molecule has 3 heterocycles. The van der Waals surface area contributed by atoms with Gasteiger partial charge >= 0.3 is 0 Å². The van der Waals surface area contributed by atoms with Gasteiger partial charge in [-0.05, 0) is 49.2 Å². The van der Waals surface area contributed by atoms with Crippen molar-refractivity contribution in [2.45, 2.75) is 12.8 Å². The Balaban J connectivity index is 1.40. The Kier molecular flexibility index (Phi) is 4.71. The van der Waals surface area contributed by atoms with Crippen molar-refractivity contribution in [2.24, 2.45) is 5.92 Å². The lowest BCUT2D eigenvalue weighted by Crippen LogP contribution is -2.36. The van der Waals surface area contributed by atoms with Gasteiger partial charge in [0.2, 0.25) is 5.13 Å². The number of benzene rings is 1. The Labute approximate surface area is 154 Å². The van der Waals surface area contributed by atoms with Gasteiger partial charge in [-0.15, -0.1) is 10.2 Å². The summed E-state index contributed by atoms with van der Waals surface area (Å²) in [5.41, 5.74) is 1.40. The number of hydrogen-bond acceptors (Lipinski definition) is 6. The minimum Gasteiger partial charge on any atom is -0.347 e. The molecule has 2 aromatic heterocycles. The first kappa shape index (κ1) is 16.8. The molecule has 1 aliphatic heterocycles. The standard InChI is InChI=1S/C19H17FN4OS/c20-15-6-4-13(5-7-15)17(25)14-8-11-24(12-9-14)19-23-22-18(26-19)16-3-1-2-10-21-16/h1-7,10,14H,8-9,11-12H2. The molecular weight excluding hydrogens is 351 g/mol. The fourth-order valence-electron chi connectivity index (χ4n) is 3.12. The minimum atomic E-state index is -0.323. The molecule has 132 valence electrons. The predicted octanol–water partition coefficient (Wildman–Crippen LogP) is 3.84. The number of carbonyl (C=O) groups excluding carboxylic acids is 1. The molecule has 7 heteroatoms. The van der Waals surface area contributed by atoms with Gasteiger partial charge in [-0.25, -0.2) is 4.39 Å². The topological polar surface area (TPSA) is 59.0 Å². The van der Waals surface area contributed by atoms with E-state index in [2.05, 4.69) is 20.1 Å². The summed E-state index contributed by atoms with van der Waals surface area (Å²) in [5.74, 6) is -0.257. The van der Waals surface area contributed by atoms with E-state index in [-0.39, 0.29) is 17.5 Å². The Bertz CT molecular complexity index is 889. The van der Waals surface area contributed by atoms with E-state index in [9.17, 15) is 9.18 Å². The first-order chi connectivity index (χ1) is 12.7. The number of rotatable bonds is 4. The molecule has 0 bridgehead atoms. The molecule has 5 nitrogen and oxygen atoms in total. The number of ketones is 1. The van der Waals surface area contributed by atoms with Gasteiger partial charge in [0.25, 0.3) is 0 Å². The summed E-state index contributed by atoms with van der Waals surface area (Å²) in [7, 11) is 0. The fourth-order valence-corrected chi connectivity index (χ4v) is 3.99. The fraction of sp³-hybridized carbons (Fsp3) is 0.263. The van der Waals surface area contributed by atoms with Crippen molar-refractivity contribution in [3.8, 4) is 10.7 Å². The Morgan fingerprint density at radius 1 is 1.08 bits per heavy atom. The quantitative estimate of drug-likeness (QED) is 0.655. The molecule has 0 spiro atoms. The van der Waals surface area contributed by atoms with E-state index in [1.165, 1.54) is 23.5 Å². The molecule has 0 aliphatic carbocycles. The molecule has 1 saturated heterocycles. The highest BCUT2D eigenvalue weighted by Crippen LogP contribution is 2.31. The first-order valence-electron chi connectivity index (χ1n) is 8.50. The Morgan fingerprint density at radius 3 is 2.54 bits per heavy atom. The average molecular weight is 368 g/mol. The van der Waals surface area contributed by atoms with Crippen molar-refractivity contribution in [1.29, 1.82) is 0 Å². The van der Waals surface area contributed by atoms with E-state index in [1.807, 2.05) is 18.2 Å². The summed E-state index contributed by atoms with van der Waals surface area (Å²) in [6, 6.07) is 11.5. The maximum Gasteiger partial charge on any atom is 0.208 e. The van der Waals surface area contributed by atoms with E-state index in [0.717, 1.165) is 41.8 Å². The van der Waals surface area contributed by atoms with E-state index >= 15 is 0 Å². The zero-order valence-electron chi connectivity index (χ0n) is 14.0. The van der Waals surface area contributed by atoms with E-state index in [0.29, 0.717) is 5.56 Å². The SMILES string of the molecule is O=C(c1ccc(F)cc1)C1CCN(c2nnc(-c3ccccn3)s2)CC1. The van der Waals surface area contributed by atoms with Gasteiger partial charge in [-0.3, -0.25) is 9.78 Å². The molecule has 0 radical (unpaired) electrons. The number of nitrogens with zero attached hydrogens (tertiary/aromatic N) is 4. The summed E-state index contributed by atoms with van der Waals surface area (Å²) < 4.78 is 13.0. The number of carbonyl (C=O) groups is 1. The number of Topliss-reactive ketones (excluding diaryl/α,β-unsaturated/α-hetero) is 1. The summed E-state index contributed by atoms with van der Waals surface area (Å²) in [6.45, 7) is 1.52. The van der Waals surface area contributed by atoms with E-state index in [4.69, 9.17) is 0 Å². The molecule has 3 aromatic rings. The second-order valence-electron chi connectivity index (χ2n) is 6.24. The van der Waals surface area contributed by atoms with Crippen molar-refractivity contribution in [3.05, 3.63) is 60.0 Å². The third-order valence-corrected chi connectivity index (χ3v) is 5.57. The van der Waals surface area contributed by atoms with Gasteiger partial charge in [-0.2, -0.15) is 0 Å². The largest absolute Gasteiger partial charge is 0.347 e. The van der Waals surface area contributed by atoms with Crippen LogP contribution in [0.25, 0.3) is 10.7 Å². The van der Waals surface area contributed by atoms with Crippen LogP contribution in [-0.4, -0.2) is 34.1 Å². The Hall–Kier alpha value is -2.67. The number of aromatic nitrogens is 3. The van der Waals surface area contributed by atoms with Crippen molar-refractivity contribution in [3.63, 3.8) is 0 Å². The highest BCUT2D eigenvalue weighted by Gasteiger charge is 2.27. The lowest BCUT2D eigenvalue weighted by molar-refractivity contribution is 0.0900. The molecule has 26 heavy (non-hydrogen) atoms. The van der Waals surface area contributed by atoms with Crippen LogP contribution in [0.2, 0.25) is 0 Å². The van der Waals surface area contributed by atoms with E-state index < -0.39 is 0 Å². The van der Waals surface area contributed by atoms with Gasteiger partial charge in [0.15, 0.2) is 10.8 Å². The maximum atomic E-state index is 13.0. The summed E-state index contributed by atoms with van der Waals surface area (Å²) in [6.07, 6.45) is 3.26. The van der Waals surface area contributed by atoms with Crippen LogP contribution in [-0.2, 0) is 0 Å². The highest BCUT2D eigenvalue weighted by molar-refractivity contribution is 7.18. The molecule has 0 N–H and O–H groups in total. The number of pyridine rings is 1. The molecule has 0 saturated carbocycles. The second kappa shape index (κ2) is 7.29. The van der Waals surface area contributed by atoms with Crippen LogP contribution in [0.1, 0.15) is 23.2 Å². The molecule has 1 aromatic carbocycles. The monoisotopic (exact) mass is 368 g/mol. The van der Waals surface area contributed by atoms with Gasteiger partial charge in [0, 0.05) is 30.8 Å². The molecule has 0 unspecified atom stereocenters. The van der Waals surface area contributed by atoms with Crippen LogP contribution in [0.4, 0.5) is 9.52 Å². The third kappa shape index (κ3) is 3.48. The normalized spacial score (nSPS) is 15.2. The molecule has 4 rings (SSSR count). The smallest absolute Gasteiger partial charge is 0.208 e. The van der Waals surface area contributed by atoms with Crippen LogP contribution in [0.5, 0.6) is 0 Å². The van der Waals surface area contributed by atoms with Crippen molar-refractivity contribution < 1.29 is 9.18 Å². The first-order valence-corrected chi connectivity index (χ1v) is 9.32. The van der Waals surface area contributed by atoms with Crippen LogP contribution in [0.3, 0.4) is 0 Å². The molecule has 0 amide bonds. The zero-order chi connectivity index (χ0) is 17.9. The second-order valence-corrected chi connectivity index (χ2v) is 7.19. The summed E-state index contributed by atoms with van der Waals surface area (Å²) in [4.78, 5) is 19.0. The number of piperidine rings is 1. The van der Waals surface area contributed by atoms with Gasteiger partial charge in [0.05, 0.1) is 0 Å².